The molecule has 0 unspecified atom stereocenters. The van der Waals surface area contributed by atoms with Crippen LogP contribution in [0.2, 0.25) is 0 Å². The molecule has 0 spiro atoms. The van der Waals surface area contributed by atoms with E-state index >= 15 is 0 Å². The molecule has 0 saturated carbocycles. The van der Waals surface area contributed by atoms with Gasteiger partial charge in [-0.2, -0.15) is 0 Å². The standard InChI is InChI=1S/C14H13O3P/c15-18(16,17)14(13-9-5-2-6-10-13)11-12-7-3-1-4-8-12/h1-11H,(H2,15,16,17)/b14-11+. The van der Waals surface area contributed by atoms with Crippen LogP contribution in [-0.2, 0) is 4.57 Å². The fourth-order valence-corrected chi connectivity index (χ4v) is 2.45. The molecule has 0 aliphatic rings. The number of hydrogen-bond acceptors (Lipinski definition) is 1. The lowest BCUT2D eigenvalue weighted by Gasteiger charge is -2.09. The van der Waals surface area contributed by atoms with Gasteiger partial charge < -0.3 is 9.79 Å². The Morgan fingerprint density at radius 3 is 1.89 bits per heavy atom. The van der Waals surface area contributed by atoms with E-state index in [4.69, 9.17) is 0 Å². The van der Waals surface area contributed by atoms with Crippen LogP contribution >= 0.6 is 7.60 Å². The maximum atomic E-state index is 11.6. The molecule has 0 aromatic heterocycles. The average molecular weight is 260 g/mol. The second-order valence-corrected chi connectivity index (χ2v) is 5.42. The normalized spacial score (nSPS) is 12.4. The Hall–Kier alpha value is -1.67. The Bertz CT molecular complexity index is 585. The van der Waals surface area contributed by atoms with Crippen molar-refractivity contribution in [3.05, 3.63) is 71.8 Å². The predicted octanol–water partition coefficient (Wildman–Crippen LogP) is 3.36. The van der Waals surface area contributed by atoms with Gasteiger partial charge in [-0.3, -0.25) is 4.57 Å². The van der Waals surface area contributed by atoms with Crippen LogP contribution in [0.15, 0.2) is 60.7 Å². The van der Waals surface area contributed by atoms with Crippen LogP contribution in [0.1, 0.15) is 11.1 Å². The van der Waals surface area contributed by atoms with E-state index in [0.29, 0.717) is 5.56 Å². The smallest absolute Gasteiger partial charge is 0.321 e. The van der Waals surface area contributed by atoms with Crippen LogP contribution in [0, 0.1) is 0 Å². The van der Waals surface area contributed by atoms with Gasteiger partial charge in [0, 0.05) is 0 Å². The van der Waals surface area contributed by atoms with E-state index in [2.05, 4.69) is 0 Å². The Balaban J connectivity index is 2.52. The zero-order valence-corrected chi connectivity index (χ0v) is 10.5. The van der Waals surface area contributed by atoms with Crippen molar-refractivity contribution in [2.45, 2.75) is 0 Å². The minimum absolute atomic E-state index is 0.0364. The van der Waals surface area contributed by atoms with Crippen molar-refractivity contribution in [3.8, 4) is 0 Å². The molecule has 0 aliphatic heterocycles. The first kappa shape index (κ1) is 12.8. The van der Waals surface area contributed by atoms with Gasteiger partial charge in [-0.1, -0.05) is 60.7 Å². The van der Waals surface area contributed by atoms with Crippen molar-refractivity contribution in [2.24, 2.45) is 0 Å². The minimum Gasteiger partial charge on any atom is -0.321 e. The van der Waals surface area contributed by atoms with E-state index in [1.807, 2.05) is 24.3 Å². The highest BCUT2D eigenvalue weighted by molar-refractivity contribution is 7.63. The Labute approximate surface area is 106 Å². The molecule has 2 rings (SSSR count). The summed E-state index contributed by atoms with van der Waals surface area (Å²) >= 11 is 0. The molecule has 0 bridgehead atoms. The van der Waals surface area contributed by atoms with E-state index in [9.17, 15) is 14.4 Å². The van der Waals surface area contributed by atoms with Crippen molar-refractivity contribution in [1.82, 2.24) is 0 Å². The van der Waals surface area contributed by atoms with Gasteiger partial charge >= 0.3 is 7.60 Å². The van der Waals surface area contributed by atoms with E-state index in [-0.39, 0.29) is 5.31 Å². The quantitative estimate of drug-likeness (QED) is 0.657. The fourth-order valence-electron chi connectivity index (χ4n) is 1.65. The summed E-state index contributed by atoms with van der Waals surface area (Å²) in [4.78, 5) is 18.9. The largest absolute Gasteiger partial charge is 0.356 e. The van der Waals surface area contributed by atoms with Gasteiger partial charge in [0.05, 0.1) is 5.31 Å². The summed E-state index contributed by atoms with van der Waals surface area (Å²) < 4.78 is 11.6. The molecule has 2 aromatic rings. The second-order valence-electron chi connectivity index (χ2n) is 3.85. The monoisotopic (exact) mass is 260 g/mol. The Morgan fingerprint density at radius 1 is 0.889 bits per heavy atom. The molecule has 2 N–H and O–H groups in total. The molecule has 2 aromatic carbocycles. The van der Waals surface area contributed by atoms with Crippen molar-refractivity contribution < 1.29 is 14.4 Å². The van der Waals surface area contributed by atoms with Gasteiger partial charge in [0.25, 0.3) is 0 Å². The summed E-state index contributed by atoms with van der Waals surface area (Å²) in [6.07, 6.45) is 1.52. The highest BCUT2D eigenvalue weighted by atomic mass is 31.2. The van der Waals surface area contributed by atoms with Gasteiger partial charge in [0.2, 0.25) is 0 Å². The Kier molecular flexibility index (Phi) is 3.78. The molecule has 0 fully saturated rings. The van der Waals surface area contributed by atoms with Crippen molar-refractivity contribution in [1.29, 1.82) is 0 Å². The summed E-state index contributed by atoms with van der Waals surface area (Å²) in [7, 11) is -4.30. The molecule has 0 aliphatic carbocycles. The molecule has 0 heterocycles. The van der Waals surface area contributed by atoms with Crippen LogP contribution in [0.3, 0.4) is 0 Å². The molecule has 0 atom stereocenters. The summed E-state index contributed by atoms with van der Waals surface area (Å²) in [5.41, 5.74) is 1.30. The molecule has 3 nitrogen and oxygen atoms in total. The summed E-state index contributed by atoms with van der Waals surface area (Å²) in [5, 5.41) is 0.0364. The second kappa shape index (κ2) is 5.32. The van der Waals surface area contributed by atoms with Gasteiger partial charge in [-0.25, -0.2) is 0 Å². The third kappa shape index (κ3) is 3.17. The first-order chi connectivity index (χ1) is 8.57. The maximum absolute atomic E-state index is 11.6. The molecule has 0 radical (unpaired) electrons. The minimum atomic E-state index is -4.30. The lowest BCUT2D eigenvalue weighted by Crippen LogP contribution is -1.87. The fraction of sp³-hybridized carbons (Fsp3) is 0. The molecular weight excluding hydrogens is 247 g/mol. The Morgan fingerprint density at radius 2 is 1.39 bits per heavy atom. The van der Waals surface area contributed by atoms with Crippen LogP contribution in [-0.4, -0.2) is 9.79 Å². The van der Waals surface area contributed by atoms with Gasteiger partial charge in [0.15, 0.2) is 0 Å². The summed E-state index contributed by atoms with van der Waals surface area (Å²) in [5.74, 6) is 0. The van der Waals surface area contributed by atoms with E-state index < -0.39 is 7.60 Å². The predicted molar refractivity (Wildman–Crippen MR) is 72.8 cm³/mol. The van der Waals surface area contributed by atoms with E-state index in [1.165, 1.54) is 6.08 Å². The molecular formula is C14H13O3P. The molecule has 92 valence electrons. The van der Waals surface area contributed by atoms with Gasteiger partial charge in [0.1, 0.15) is 0 Å². The van der Waals surface area contributed by atoms with Gasteiger partial charge in [-0.15, -0.1) is 0 Å². The molecule has 0 saturated heterocycles. The zero-order valence-electron chi connectivity index (χ0n) is 9.60. The average Bonchev–Trinajstić information content (AvgIpc) is 2.37. The topological polar surface area (TPSA) is 57.5 Å². The number of benzene rings is 2. The molecule has 4 heteroatoms. The lowest BCUT2D eigenvalue weighted by atomic mass is 10.1. The highest BCUT2D eigenvalue weighted by Gasteiger charge is 2.22. The van der Waals surface area contributed by atoms with E-state index in [1.54, 1.807) is 36.4 Å². The highest BCUT2D eigenvalue weighted by Crippen LogP contribution is 2.51. The third-order valence-electron chi connectivity index (χ3n) is 2.49. The van der Waals surface area contributed by atoms with Crippen LogP contribution < -0.4 is 0 Å². The van der Waals surface area contributed by atoms with Crippen molar-refractivity contribution >= 4 is 19.0 Å². The zero-order chi connectivity index (χ0) is 13.0. The maximum Gasteiger partial charge on any atom is 0.356 e. The van der Waals surface area contributed by atoms with Crippen molar-refractivity contribution in [3.63, 3.8) is 0 Å². The van der Waals surface area contributed by atoms with Crippen LogP contribution in [0.25, 0.3) is 11.4 Å². The number of hydrogen-bond donors (Lipinski definition) is 2. The summed E-state index contributed by atoms with van der Waals surface area (Å²) in [6.45, 7) is 0. The van der Waals surface area contributed by atoms with Crippen LogP contribution in [0.5, 0.6) is 0 Å². The molecule has 18 heavy (non-hydrogen) atoms. The van der Waals surface area contributed by atoms with Gasteiger partial charge in [-0.05, 0) is 17.2 Å². The first-order valence-electron chi connectivity index (χ1n) is 5.45. The third-order valence-corrected chi connectivity index (χ3v) is 3.50. The number of rotatable bonds is 3. The SMILES string of the molecule is O=P(O)(O)/C(=C/c1ccccc1)c1ccccc1. The first-order valence-corrected chi connectivity index (χ1v) is 7.07. The van der Waals surface area contributed by atoms with Crippen LogP contribution in [0.4, 0.5) is 0 Å². The van der Waals surface area contributed by atoms with E-state index in [0.717, 1.165) is 5.56 Å². The lowest BCUT2D eigenvalue weighted by molar-refractivity contribution is 0.388. The summed E-state index contributed by atoms with van der Waals surface area (Å²) in [6, 6.07) is 17.8. The molecule has 0 amide bonds. The van der Waals surface area contributed by atoms with Crippen molar-refractivity contribution in [2.75, 3.05) is 0 Å².